The lowest BCUT2D eigenvalue weighted by Gasteiger charge is -2.17. The molecule has 0 bridgehead atoms. The maximum Gasteiger partial charge on any atom is 0.233 e. The first-order valence-corrected chi connectivity index (χ1v) is 5.65. The molecule has 0 saturated heterocycles. The standard InChI is InChI=1S/C9H6BrCl2NO/c10-6-1-2-7-5(3-6)4-8(14)13(7)9(11)12/h1-3,9H,4H2. The number of hydrogen-bond acceptors (Lipinski definition) is 1. The molecule has 0 unspecified atom stereocenters. The van der Waals surface area contributed by atoms with E-state index in [2.05, 4.69) is 15.9 Å². The number of amides is 1. The van der Waals surface area contributed by atoms with Crippen LogP contribution in [-0.2, 0) is 11.2 Å². The van der Waals surface area contributed by atoms with E-state index in [-0.39, 0.29) is 5.91 Å². The summed E-state index contributed by atoms with van der Waals surface area (Å²) in [6.45, 7) is 0. The van der Waals surface area contributed by atoms with E-state index < -0.39 is 4.96 Å². The van der Waals surface area contributed by atoms with Crippen molar-refractivity contribution in [2.24, 2.45) is 0 Å². The minimum Gasteiger partial charge on any atom is -0.281 e. The van der Waals surface area contributed by atoms with Crippen LogP contribution in [0.2, 0.25) is 0 Å². The first-order chi connectivity index (χ1) is 6.59. The second-order valence-corrected chi connectivity index (χ2v) is 4.96. The van der Waals surface area contributed by atoms with Gasteiger partial charge in [0.15, 0.2) is 4.96 Å². The molecule has 14 heavy (non-hydrogen) atoms. The summed E-state index contributed by atoms with van der Waals surface area (Å²) in [5.41, 5.74) is 1.75. The highest BCUT2D eigenvalue weighted by Gasteiger charge is 2.30. The van der Waals surface area contributed by atoms with Gasteiger partial charge in [-0.05, 0) is 23.8 Å². The zero-order valence-corrected chi connectivity index (χ0v) is 10.1. The topological polar surface area (TPSA) is 20.3 Å². The highest BCUT2D eigenvalue weighted by atomic mass is 79.9. The number of carbonyl (C=O) groups is 1. The Morgan fingerprint density at radius 2 is 2.14 bits per heavy atom. The number of fused-ring (bicyclic) bond motifs is 1. The molecule has 74 valence electrons. The molecule has 1 amide bonds. The van der Waals surface area contributed by atoms with Crippen molar-refractivity contribution in [1.82, 2.24) is 0 Å². The molecule has 0 aromatic heterocycles. The summed E-state index contributed by atoms with van der Waals surface area (Å²) in [4.78, 5) is 12.1. The second kappa shape index (κ2) is 3.72. The van der Waals surface area contributed by atoms with Crippen LogP contribution < -0.4 is 4.90 Å². The van der Waals surface area contributed by atoms with Gasteiger partial charge >= 0.3 is 0 Å². The molecule has 0 atom stereocenters. The molecule has 1 aliphatic rings. The summed E-state index contributed by atoms with van der Waals surface area (Å²) in [6.07, 6.45) is 0.366. The van der Waals surface area contributed by atoms with Gasteiger partial charge < -0.3 is 0 Å². The monoisotopic (exact) mass is 293 g/mol. The third-order valence-corrected chi connectivity index (χ3v) is 2.99. The third-order valence-electron chi connectivity index (χ3n) is 2.11. The minimum atomic E-state index is -0.815. The van der Waals surface area contributed by atoms with E-state index in [0.29, 0.717) is 6.42 Å². The highest BCUT2D eigenvalue weighted by molar-refractivity contribution is 9.10. The summed E-state index contributed by atoms with van der Waals surface area (Å²) in [7, 11) is 0. The smallest absolute Gasteiger partial charge is 0.233 e. The zero-order valence-electron chi connectivity index (χ0n) is 7.01. The van der Waals surface area contributed by atoms with E-state index >= 15 is 0 Å². The summed E-state index contributed by atoms with van der Waals surface area (Å²) >= 11 is 14.8. The Bertz CT molecular complexity index is 394. The van der Waals surface area contributed by atoms with E-state index in [1.165, 1.54) is 4.90 Å². The number of nitrogens with zero attached hydrogens (tertiary/aromatic N) is 1. The Hall–Kier alpha value is -0.250. The molecule has 0 radical (unpaired) electrons. The molecule has 0 spiro atoms. The zero-order chi connectivity index (χ0) is 10.3. The van der Waals surface area contributed by atoms with Crippen molar-refractivity contribution in [3.8, 4) is 0 Å². The van der Waals surface area contributed by atoms with Crippen molar-refractivity contribution < 1.29 is 4.79 Å². The molecular formula is C9H6BrCl2NO. The van der Waals surface area contributed by atoms with Gasteiger partial charge in [-0.15, -0.1) is 0 Å². The maximum atomic E-state index is 11.5. The number of rotatable bonds is 1. The summed E-state index contributed by atoms with van der Waals surface area (Å²) < 4.78 is 0.951. The lowest BCUT2D eigenvalue weighted by molar-refractivity contribution is -0.117. The Labute approximate surface area is 99.9 Å². The number of halogens is 3. The first-order valence-electron chi connectivity index (χ1n) is 3.98. The molecular weight excluding hydrogens is 289 g/mol. The van der Waals surface area contributed by atoms with Gasteiger partial charge in [-0.3, -0.25) is 9.69 Å². The van der Waals surface area contributed by atoms with Crippen LogP contribution in [0, 0.1) is 0 Å². The Kier molecular flexibility index (Phi) is 2.73. The molecule has 5 heteroatoms. The fraction of sp³-hybridized carbons (Fsp3) is 0.222. The van der Waals surface area contributed by atoms with E-state index in [9.17, 15) is 4.79 Å². The minimum absolute atomic E-state index is 0.0619. The number of benzene rings is 1. The summed E-state index contributed by atoms with van der Waals surface area (Å²) in [5.74, 6) is -0.0619. The van der Waals surface area contributed by atoms with Crippen molar-refractivity contribution >= 4 is 50.7 Å². The van der Waals surface area contributed by atoms with E-state index in [4.69, 9.17) is 23.2 Å². The van der Waals surface area contributed by atoms with Crippen LogP contribution in [0.15, 0.2) is 22.7 Å². The summed E-state index contributed by atoms with van der Waals surface area (Å²) in [6, 6.07) is 5.60. The molecule has 1 aliphatic heterocycles. The highest BCUT2D eigenvalue weighted by Crippen LogP contribution is 2.34. The second-order valence-electron chi connectivity index (χ2n) is 2.99. The lowest BCUT2D eigenvalue weighted by atomic mass is 10.2. The van der Waals surface area contributed by atoms with Crippen LogP contribution in [-0.4, -0.2) is 10.9 Å². The molecule has 2 nitrogen and oxygen atoms in total. The fourth-order valence-electron chi connectivity index (χ4n) is 1.53. The molecule has 0 saturated carbocycles. The van der Waals surface area contributed by atoms with Crippen molar-refractivity contribution in [2.75, 3.05) is 4.90 Å². The van der Waals surface area contributed by atoms with E-state index in [1.807, 2.05) is 18.2 Å². The van der Waals surface area contributed by atoms with Gasteiger partial charge in [0.05, 0.1) is 12.1 Å². The fourth-order valence-corrected chi connectivity index (χ4v) is 2.36. The molecule has 2 rings (SSSR count). The van der Waals surface area contributed by atoms with Crippen LogP contribution in [0.4, 0.5) is 5.69 Å². The largest absolute Gasteiger partial charge is 0.281 e. The number of anilines is 1. The first kappa shape index (κ1) is 10.3. The van der Waals surface area contributed by atoms with Gasteiger partial charge in [-0.1, -0.05) is 39.1 Å². The molecule has 1 aromatic carbocycles. The van der Waals surface area contributed by atoms with E-state index in [1.54, 1.807) is 0 Å². The third kappa shape index (κ3) is 1.64. The van der Waals surface area contributed by atoms with Crippen molar-refractivity contribution in [2.45, 2.75) is 11.4 Å². The molecule has 0 N–H and O–H groups in total. The van der Waals surface area contributed by atoms with Crippen LogP contribution in [0.5, 0.6) is 0 Å². The predicted octanol–water partition coefficient (Wildman–Crippen LogP) is 3.10. The number of carbonyl (C=O) groups excluding carboxylic acids is 1. The van der Waals surface area contributed by atoms with Crippen molar-refractivity contribution in [3.63, 3.8) is 0 Å². The quantitative estimate of drug-likeness (QED) is 0.576. The summed E-state index contributed by atoms with van der Waals surface area (Å²) in [5, 5.41) is 0. The Morgan fingerprint density at radius 3 is 2.79 bits per heavy atom. The molecule has 0 aliphatic carbocycles. The SMILES string of the molecule is O=C1Cc2cc(Br)ccc2N1C(Cl)Cl. The average Bonchev–Trinajstić information content (AvgIpc) is 2.39. The van der Waals surface area contributed by atoms with Gasteiger partial charge in [0.1, 0.15) is 0 Å². The van der Waals surface area contributed by atoms with Crippen LogP contribution in [0.1, 0.15) is 5.56 Å². The number of alkyl halides is 2. The normalized spacial score (nSPS) is 15.1. The van der Waals surface area contributed by atoms with Gasteiger partial charge in [0.25, 0.3) is 0 Å². The van der Waals surface area contributed by atoms with Gasteiger partial charge in [-0.25, -0.2) is 0 Å². The van der Waals surface area contributed by atoms with Gasteiger partial charge in [0, 0.05) is 4.47 Å². The van der Waals surface area contributed by atoms with Gasteiger partial charge in [0.2, 0.25) is 5.91 Å². The number of hydrogen-bond donors (Lipinski definition) is 0. The van der Waals surface area contributed by atoms with Crippen LogP contribution >= 0.6 is 39.1 Å². The average molecular weight is 295 g/mol. The van der Waals surface area contributed by atoms with E-state index in [0.717, 1.165) is 15.7 Å². The van der Waals surface area contributed by atoms with Crippen LogP contribution in [0.25, 0.3) is 0 Å². The van der Waals surface area contributed by atoms with Crippen molar-refractivity contribution in [1.29, 1.82) is 0 Å². The predicted molar refractivity (Wildman–Crippen MR) is 60.8 cm³/mol. The maximum absolute atomic E-state index is 11.5. The Balaban J connectivity index is 2.48. The Morgan fingerprint density at radius 1 is 1.43 bits per heavy atom. The van der Waals surface area contributed by atoms with Crippen molar-refractivity contribution in [3.05, 3.63) is 28.2 Å². The lowest BCUT2D eigenvalue weighted by Crippen LogP contribution is -2.30. The molecule has 0 fully saturated rings. The van der Waals surface area contributed by atoms with Crippen LogP contribution in [0.3, 0.4) is 0 Å². The molecule has 1 heterocycles. The van der Waals surface area contributed by atoms with Gasteiger partial charge in [-0.2, -0.15) is 0 Å². The molecule has 1 aromatic rings.